The van der Waals surface area contributed by atoms with Crippen LogP contribution in [0.3, 0.4) is 0 Å². The first-order valence-electron chi connectivity index (χ1n) is 5.53. The maximum absolute atomic E-state index is 6.25. The highest BCUT2D eigenvalue weighted by Gasteiger charge is 2.26. The van der Waals surface area contributed by atoms with Crippen LogP contribution in [-0.2, 0) is 4.74 Å². The average Bonchev–Trinajstić information content (AvgIpc) is 2.18. The van der Waals surface area contributed by atoms with Crippen LogP contribution in [0.4, 0.5) is 0 Å². The van der Waals surface area contributed by atoms with E-state index < -0.39 is 0 Å². The van der Waals surface area contributed by atoms with Gasteiger partial charge in [0.25, 0.3) is 0 Å². The molecule has 1 aliphatic heterocycles. The quantitative estimate of drug-likeness (QED) is 0.636. The van der Waals surface area contributed by atoms with Gasteiger partial charge in [0.2, 0.25) is 0 Å². The second-order valence-corrected chi connectivity index (χ2v) is 4.55. The van der Waals surface area contributed by atoms with Gasteiger partial charge < -0.3 is 4.74 Å². The maximum Gasteiger partial charge on any atom is 0.0578 e. The minimum Gasteiger partial charge on any atom is -0.378 e. The van der Waals surface area contributed by atoms with Crippen molar-refractivity contribution in [1.82, 2.24) is 0 Å². The summed E-state index contributed by atoms with van der Waals surface area (Å²) in [6.07, 6.45) is 6.32. The van der Waals surface area contributed by atoms with Crippen LogP contribution in [0.25, 0.3) is 0 Å². The summed E-state index contributed by atoms with van der Waals surface area (Å²) in [4.78, 5) is 0. The molecular weight excluding hydrogens is 184 g/mol. The molecular formula is C11H21ClO. The first-order chi connectivity index (χ1) is 6.27. The molecule has 1 heterocycles. The van der Waals surface area contributed by atoms with Crippen LogP contribution in [0.1, 0.15) is 46.0 Å². The fourth-order valence-electron chi connectivity index (χ4n) is 2.09. The van der Waals surface area contributed by atoms with E-state index >= 15 is 0 Å². The fraction of sp³-hybridized carbons (Fsp3) is 1.00. The maximum atomic E-state index is 6.25. The average molecular weight is 205 g/mol. The Kier molecular flexibility index (Phi) is 5.12. The predicted molar refractivity (Wildman–Crippen MR) is 57.3 cm³/mol. The van der Waals surface area contributed by atoms with Crippen molar-refractivity contribution >= 4 is 11.6 Å². The number of halogens is 1. The Morgan fingerprint density at radius 2 is 2.23 bits per heavy atom. The van der Waals surface area contributed by atoms with Crippen molar-refractivity contribution in [1.29, 1.82) is 0 Å². The molecule has 0 bridgehead atoms. The van der Waals surface area contributed by atoms with E-state index in [2.05, 4.69) is 13.8 Å². The molecule has 2 heteroatoms. The van der Waals surface area contributed by atoms with E-state index in [1.54, 1.807) is 0 Å². The van der Waals surface area contributed by atoms with Crippen molar-refractivity contribution < 1.29 is 4.74 Å². The molecule has 0 spiro atoms. The van der Waals surface area contributed by atoms with Gasteiger partial charge in [0.05, 0.1) is 6.10 Å². The number of alkyl halides is 1. The van der Waals surface area contributed by atoms with Crippen LogP contribution in [0.5, 0.6) is 0 Å². The third-order valence-corrected chi connectivity index (χ3v) is 3.58. The molecule has 3 unspecified atom stereocenters. The molecule has 0 N–H and O–H groups in total. The highest BCUT2D eigenvalue weighted by molar-refractivity contribution is 6.20. The minimum absolute atomic E-state index is 0.364. The molecule has 3 atom stereocenters. The summed E-state index contributed by atoms with van der Waals surface area (Å²) in [6, 6.07) is 0. The number of hydrogen-bond donors (Lipinski definition) is 0. The zero-order valence-electron chi connectivity index (χ0n) is 8.76. The number of ether oxygens (including phenoxy) is 1. The Morgan fingerprint density at radius 3 is 2.85 bits per heavy atom. The van der Waals surface area contributed by atoms with Crippen LogP contribution in [0.15, 0.2) is 0 Å². The summed E-state index contributed by atoms with van der Waals surface area (Å²) in [5.74, 6) is 0.692. The summed E-state index contributed by atoms with van der Waals surface area (Å²) in [5, 5.41) is 0.364. The third-order valence-electron chi connectivity index (χ3n) is 2.92. The highest BCUT2D eigenvalue weighted by atomic mass is 35.5. The lowest BCUT2D eigenvalue weighted by atomic mass is 9.89. The molecule has 0 saturated carbocycles. The molecule has 1 nitrogen and oxygen atoms in total. The Morgan fingerprint density at radius 1 is 1.46 bits per heavy atom. The molecule has 0 aromatic carbocycles. The molecule has 0 aromatic rings. The van der Waals surface area contributed by atoms with E-state index in [4.69, 9.17) is 16.3 Å². The predicted octanol–water partition coefficient (Wildman–Crippen LogP) is 3.60. The van der Waals surface area contributed by atoms with E-state index in [1.165, 1.54) is 19.3 Å². The van der Waals surface area contributed by atoms with Gasteiger partial charge in [0.1, 0.15) is 0 Å². The van der Waals surface area contributed by atoms with Crippen molar-refractivity contribution in [3.8, 4) is 0 Å². The van der Waals surface area contributed by atoms with Gasteiger partial charge >= 0.3 is 0 Å². The standard InChI is InChI=1S/C11H21ClO/c1-3-5-10-8-9(6-7-13-10)11(12)4-2/h9-11H,3-8H2,1-2H3. The Labute approximate surface area is 86.8 Å². The van der Waals surface area contributed by atoms with Gasteiger partial charge in [-0.25, -0.2) is 0 Å². The Bertz CT molecular complexity index is 136. The van der Waals surface area contributed by atoms with Crippen molar-refractivity contribution in [2.24, 2.45) is 5.92 Å². The molecule has 0 radical (unpaired) electrons. The van der Waals surface area contributed by atoms with E-state index in [0.29, 0.717) is 17.4 Å². The van der Waals surface area contributed by atoms with Gasteiger partial charge in [-0.1, -0.05) is 20.3 Å². The fourth-order valence-corrected chi connectivity index (χ4v) is 2.32. The summed E-state index contributed by atoms with van der Waals surface area (Å²) < 4.78 is 5.68. The van der Waals surface area contributed by atoms with E-state index in [9.17, 15) is 0 Å². The molecule has 0 aliphatic carbocycles. The van der Waals surface area contributed by atoms with E-state index in [1.807, 2.05) is 0 Å². The first-order valence-corrected chi connectivity index (χ1v) is 5.97. The summed E-state index contributed by atoms with van der Waals surface area (Å²) in [5.41, 5.74) is 0. The lowest BCUT2D eigenvalue weighted by molar-refractivity contribution is -0.0142. The Hall–Kier alpha value is 0.250. The van der Waals surface area contributed by atoms with Crippen LogP contribution in [0.2, 0.25) is 0 Å². The van der Waals surface area contributed by atoms with E-state index in [-0.39, 0.29) is 0 Å². The second-order valence-electron chi connectivity index (χ2n) is 3.99. The van der Waals surface area contributed by atoms with Crippen molar-refractivity contribution in [2.45, 2.75) is 57.4 Å². The normalized spacial score (nSPS) is 31.6. The van der Waals surface area contributed by atoms with Gasteiger partial charge in [-0.15, -0.1) is 11.6 Å². The summed E-state index contributed by atoms with van der Waals surface area (Å²) in [6.45, 7) is 5.30. The SMILES string of the molecule is CCCC1CC(C(Cl)CC)CCO1. The van der Waals surface area contributed by atoms with Crippen LogP contribution >= 0.6 is 11.6 Å². The smallest absolute Gasteiger partial charge is 0.0578 e. The van der Waals surface area contributed by atoms with Gasteiger partial charge in [0.15, 0.2) is 0 Å². The van der Waals surface area contributed by atoms with Gasteiger partial charge in [-0.2, -0.15) is 0 Å². The summed E-state index contributed by atoms with van der Waals surface area (Å²) in [7, 11) is 0. The van der Waals surface area contributed by atoms with E-state index in [0.717, 1.165) is 19.4 Å². The molecule has 0 amide bonds. The van der Waals surface area contributed by atoms with Crippen molar-refractivity contribution in [2.75, 3.05) is 6.61 Å². The molecule has 0 aromatic heterocycles. The van der Waals surface area contributed by atoms with Gasteiger partial charge in [-0.05, 0) is 31.6 Å². The zero-order valence-corrected chi connectivity index (χ0v) is 9.52. The molecule has 1 aliphatic rings. The minimum atomic E-state index is 0.364. The number of rotatable bonds is 4. The molecule has 1 saturated heterocycles. The molecule has 1 rings (SSSR count). The monoisotopic (exact) mass is 204 g/mol. The lowest BCUT2D eigenvalue weighted by Gasteiger charge is -2.31. The zero-order chi connectivity index (χ0) is 9.68. The lowest BCUT2D eigenvalue weighted by Crippen LogP contribution is -2.30. The largest absolute Gasteiger partial charge is 0.378 e. The molecule has 78 valence electrons. The van der Waals surface area contributed by atoms with Gasteiger partial charge in [-0.3, -0.25) is 0 Å². The van der Waals surface area contributed by atoms with Gasteiger partial charge in [0, 0.05) is 12.0 Å². The summed E-state index contributed by atoms with van der Waals surface area (Å²) >= 11 is 6.25. The third kappa shape index (κ3) is 3.47. The topological polar surface area (TPSA) is 9.23 Å². The van der Waals surface area contributed by atoms with Crippen LogP contribution in [-0.4, -0.2) is 18.1 Å². The Balaban J connectivity index is 2.32. The number of hydrogen-bond acceptors (Lipinski definition) is 1. The van der Waals surface area contributed by atoms with Crippen LogP contribution < -0.4 is 0 Å². The first kappa shape index (κ1) is 11.3. The highest BCUT2D eigenvalue weighted by Crippen LogP contribution is 2.29. The molecule has 1 fully saturated rings. The van der Waals surface area contributed by atoms with Crippen molar-refractivity contribution in [3.63, 3.8) is 0 Å². The molecule has 13 heavy (non-hydrogen) atoms. The van der Waals surface area contributed by atoms with Crippen molar-refractivity contribution in [3.05, 3.63) is 0 Å². The van der Waals surface area contributed by atoms with Crippen LogP contribution in [0, 0.1) is 5.92 Å². The second kappa shape index (κ2) is 5.87.